The highest BCUT2D eigenvalue weighted by Gasteiger charge is 2.19. The predicted molar refractivity (Wildman–Crippen MR) is 78.8 cm³/mol. The number of H-pyrrole nitrogens is 1. The lowest BCUT2D eigenvalue weighted by molar-refractivity contribution is 0.00633. The largest absolute Gasteiger partial charge is 0.455 e. The maximum Gasteiger partial charge on any atom is 0.357 e. The van der Waals surface area contributed by atoms with Gasteiger partial charge in [0.25, 0.3) is 0 Å². The SMILES string of the molecule is CC(C)(C)OC(=O)c1ccc2[nH]c3ccccc3c2n1. The Morgan fingerprint density at radius 3 is 2.60 bits per heavy atom. The monoisotopic (exact) mass is 268 g/mol. The lowest BCUT2D eigenvalue weighted by Crippen LogP contribution is -2.24. The Morgan fingerprint density at radius 1 is 1.10 bits per heavy atom. The van der Waals surface area contributed by atoms with Gasteiger partial charge in [-0.25, -0.2) is 9.78 Å². The van der Waals surface area contributed by atoms with Gasteiger partial charge in [-0.15, -0.1) is 0 Å². The van der Waals surface area contributed by atoms with Crippen molar-refractivity contribution in [3.63, 3.8) is 0 Å². The van der Waals surface area contributed by atoms with Crippen molar-refractivity contribution in [1.29, 1.82) is 0 Å². The maximum absolute atomic E-state index is 12.1. The van der Waals surface area contributed by atoms with E-state index in [9.17, 15) is 4.79 Å². The van der Waals surface area contributed by atoms with Crippen LogP contribution in [0.1, 0.15) is 31.3 Å². The Morgan fingerprint density at radius 2 is 1.85 bits per heavy atom. The second-order valence-corrected chi connectivity index (χ2v) is 5.77. The van der Waals surface area contributed by atoms with Crippen LogP contribution in [0, 0.1) is 0 Å². The van der Waals surface area contributed by atoms with Crippen LogP contribution in [0.2, 0.25) is 0 Å². The molecule has 0 radical (unpaired) electrons. The molecule has 0 unspecified atom stereocenters. The summed E-state index contributed by atoms with van der Waals surface area (Å²) in [6, 6.07) is 11.4. The molecular formula is C16H16N2O2. The van der Waals surface area contributed by atoms with Gasteiger partial charge in [0, 0.05) is 10.9 Å². The zero-order chi connectivity index (χ0) is 14.3. The third kappa shape index (κ3) is 2.25. The van der Waals surface area contributed by atoms with E-state index in [0.29, 0.717) is 5.69 Å². The molecule has 0 saturated heterocycles. The Kier molecular flexibility index (Phi) is 2.74. The van der Waals surface area contributed by atoms with Crippen LogP contribution in [0.15, 0.2) is 36.4 Å². The molecule has 4 nitrogen and oxygen atoms in total. The second-order valence-electron chi connectivity index (χ2n) is 5.77. The summed E-state index contributed by atoms with van der Waals surface area (Å²) in [5.74, 6) is -0.398. The summed E-state index contributed by atoms with van der Waals surface area (Å²) in [4.78, 5) is 19.8. The Hall–Kier alpha value is -2.36. The third-order valence-corrected chi connectivity index (χ3v) is 2.95. The molecule has 2 aromatic heterocycles. The minimum absolute atomic E-state index is 0.331. The van der Waals surface area contributed by atoms with E-state index in [2.05, 4.69) is 9.97 Å². The third-order valence-electron chi connectivity index (χ3n) is 2.95. The van der Waals surface area contributed by atoms with E-state index in [1.165, 1.54) is 0 Å². The first-order chi connectivity index (χ1) is 9.44. The molecule has 0 spiro atoms. The van der Waals surface area contributed by atoms with Crippen LogP contribution in [0.3, 0.4) is 0 Å². The van der Waals surface area contributed by atoms with Crippen LogP contribution in [-0.4, -0.2) is 21.5 Å². The molecule has 0 aliphatic heterocycles. The predicted octanol–water partition coefficient (Wildman–Crippen LogP) is 3.67. The molecule has 1 N–H and O–H groups in total. The highest BCUT2D eigenvalue weighted by atomic mass is 16.6. The van der Waals surface area contributed by atoms with Crippen molar-refractivity contribution in [3.8, 4) is 0 Å². The number of hydrogen-bond acceptors (Lipinski definition) is 3. The van der Waals surface area contributed by atoms with Crippen LogP contribution in [0.5, 0.6) is 0 Å². The Bertz CT molecular complexity index is 797. The molecule has 0 aliphatic rings. The number of carbonyl (C=O) groups is 1. The van der Waals surface area contributed by atoms with Crippen LogP contribution < -0.4 is 0 Å². The first-order valence-corrected chi connectivity index (χ1v) is 6.55. The van der Waals surface area contributed by atoms with Gasteiger partial charge in [0.05, 0.1) is 11.0 Å². The summed E-state index contributed by atoms with van der Waals surface area (Å²) < 4.78 is 5.35. The lowest BCUT2D eigenvalue weighted by atomic mass is 10.2. The number of aromatic nitrogens is 2. The van der Waals surface area contributed by atoms with Crippen molar-refractivity contribution in [2.45, 2.75) is 26.4 Å². The van der Waals surface area contributed by atoms with Crippen LogP contribution >= 0.6 is 0 Å². The highest BCUT2D eigenvalue weighted by Crippen LogP contribution is 2.24. The number of carbonyl (C=O) groups excluding carboxylic acids is 1. The minimum Gasteiger partial charge on any atom is -0.455 e. The summed E-state index contributed by atoms with van der Waals surface area (Å²) in [5.41, 5.74) is 2.53. The van der Waals surface area contributed by atoms with E-state index in [0.717, 1.165) is 21.9 Å². The topological polar surface area (TPSA) is 55.0 Å². The highest BCUT2D eigenvalue weighted by molar-refractivity contribution is 6.06. The van der Waals surface area contributed by atoms with E-state index in [4.69, 9.17) is 4.74 Å². The molecule has 0 amide bonds. The zero-order valence-electron chi connectivity index (χ0n) is 11.7. The van der Waals surface area contributed by atoms with Crippen LogP contribution in [-0.2, 0) is 4.74 Å². The fraction of sp³-hybridized carbons (Fsp3) is 0.250. The number of nitrogens with zero attached hydrogens (tertiary/aromatic N) is 1. The van der Waals surface area contributed by atoms with Gasteiger partial charge in [-0.05, 0) is 39.0 Å². The standard InChI is InChI=1S/C16H16N2O2/c1-16(2,3)20-15(19)13-9-8-12-14(18-13)10-6-4-5-7-11(10)17-12/h4-9,17H,1-3H3. The number of aromatic amines is 1. The average molecular weight is 268 g/mol. The molecule has 0 fully saturated rings. The molecule has 3 rings (SSSR count). The van der Waals surface area contributed by atoms with Gasteiger partial charge in [0.2, 0.25) is 0 Å². The summed E-state index contributed by atoms with van der Waals surface area (Å²) in [6.45, 7) is 5.53. The molecule has 1 aromatic carbocycles. The van der Waals surface area contributed by atoms with Gasteiger partial charge in [0.15, 0.2) is 0 Å². The minimum atomic E-state index is -0.520. The van der Waals surface area contributed by atoms with Crippen molar-refractivity contribution < 1.29 is 9.53 Å². The molecule has 2 heterocycles. The molecule has 0 atom stereocenters. The van der Waals surface area contributed by atoms with Crippen molar-refractivity contribution in [3.05, 3.63) is 42.1 Å². The number of nitrogens with one attached hydrogen (secondary N) is 1. The first-order valence-electron chi connectivity index (χ1n) is 6.55. The molecule has 3 aromatic rings. The number of fused-ring (bicyclic) bond motifs is 3. The molecular weight excluding hydrogens is 252 g/mol. The number of rotatable bonds is 1. The zero-order valence-corrected chi connectivity index (χ0v) is 11.7. The smallest absolute Gasteiger partial charge is 0.357 e. The summed E-state index contributed by atoms with van der Waals surface area (Å²) in [5, 5.41) is 1.01. The van der Waals surface area contributed by atoms with Crippen molar-refractivity contribution >= 4 is 27.9 Å². The molecule has 0 bridgehead atoms. The fourth-order valence-corrected chi connectivity index (χ4v) is 2.15. The maximum atomic E-state index is 12.1. The molecule has 0 saturated carbocycles. The second kappa shape index (κ2) is 4.34. The number of ether oxygens (including phenoxy) is 1. The number of para-hydroxylation sites is 1. The molecule has 102 valence electrons. The fourth-order valence-electron chi connectivity index (χ4n) is 2.15. The summed E-state index contributed by atoms with van der Waals surface area (Å²) >= 11 is 0. The summed E-state index contributed by atoms with van der Waals surface area (Å²) in [6.07, 6.45) is 0. The van der Waals surface area contributed by atoms with Crippen molar-refractivity contribution in [2.75, 3.05) is 0 Å². The van der Waals surface area contributed by atoms with Gasteiger partial charge in [-0.1, -0.05) is 18.2 Å². The number of benzene rings is 1. The van der Waals surface area contributed by atoms with E-state index >= 15 is 0 Å². The molecule has 0 aliphatic carbocycles. The van der Waals surface area contributed by atoms with E-state index < -0.39 is 11.6 Å². The molecule has 20 heavy (non-hydrogen) atoms. The van der Waals surface area contributed by atoms with E-state index in [1.54, 1.807) is 6.07 Å². The normalized spacial score (nSPS) is 11.9. The lowest BCUT2D eigenvalue weighted by Gasteiger charge is -2.18. The van der Waals surface area contributed by atoms with Crippen LogP contribution in [0.25, 0.3) is 21.9 Å². The molecule has 4 heteroatoms. The van der Waals surface area contributed by atoms with Gasteiger partial charge in [-0.3, -0.25) is 0 Å². The van der Waals surface area contributed by atoms with Crippen LogP contribution in [0.4, 0.5) is 0 Å². The first kappa shape index (κ1) is 12.7. The van der Waals surface area contributed by atoms with Crippen molar-refractivity contribution in [1.82, 2.24) is 9.97 Å². The van der Waals surface area contributed by atoms with Gasteiger partial charge >= 0.3 is 5.97 Å². The van der Waals surface area contributed by atoms with E-state index in [-0.39, 0.29) is 0 Å². The van der Waals surface area contributed by atoms with Crippen molar-refractivity contribution in [2.24, 2.45) is 0 Å². The number of pyridine rings is 1. The van der Waals surface area contributed by atoms with E-state index in [1.807, 2.05) is 51.1 Å². The number of esters is 1. The van der Waals surface area contributed by atoms with Gasteiger partial charge in [-0.2, -0.15) is 0 Å². The summed E-state index contributed by atoms with van der Waals surface area (Å²) in [7, 11) is 0. The van der Waals surface area contributed by atoms with Gasteiger partial charge in [0.1, 0.15) is 11.3 Å². The Balaban J connectivity index is 2.10. The average Bonchev–Trinajstić information content (AvgIpc) is 2.74. The quantitative estimate of drug-likeness (QED) is 0.685. The van der Waals surface area contributed by atoms with Gasteiger partial charge < -0.3 is 9.72 Å². The Labute approximate surface area is 116 Å². The number of hydrogen-bond donors (Lipinski definition) is 1.